The van der Waals surface area contributed by atoms with Gasteiger partial charge in [0, 0.05) is 18.2 Å². The zero-order valence-corrected chi connectivity index (χ0v) is 25.9. The van der Waals surface area contributed by atoms with Gasteiger partial charge >= 0.3 is 0 Å². The van der Waals surface area contributed by atoms with E-state index in [4.69, 9.17) is 9.47 Å². The molecule has 0 aromatic heterocycles. The zero-order valence-electron chi connectivity index (χ0n) is 25.9. The lowest BCUT2D eigenvalue weighted by Crippen LogP contribution is -2.16. The van der Waals surface area contributed by atoms with Gasteiger partial charge in [0.15, 0.2) is 11.5 Å². The molecule has 4 rings (SSSR count). The lowest BCUT2D eigenvalue weighted by Gasteiger charge is -2.19. The summed E-state index contributed by atoms with van der Waals surface area (Å²) in [6, 6.07) is 16.6. The van der Waals surface area contributed by atoms with Crippen LogP contribution in [0.3, 0.4) is 0 Å². The van der Waals surface area contributed by atoms with E-state index in [1.54, 1.807) is 18.2 Å². The molecule has 4 heteroatoms. The third-order valence-electron chi connectivity index (χ3n) is 7.47. The number of amides is 1. The summed E-state index contributed by atoms with van der Waals surface area (Å²) in [6.07, 6.45) is 4.90. The smallest absolute Gasteiger partial charge is 0.224 e. The monoisotopic (exact) mass is 551 g/mol. The minimum atomic E-state index is -0.00771. The molecule has 0 saturated heterocycles. The number of fused-ring (bicyclic) bond motifs is 1. The third kappa shape index (κ3) is 8.00. The first-order valence-electron chi connectivity index (χ1n) is 14.5. The molecule has 0 spiro atoms. The molecule has 1 aliphatic heterocycles. The molecular formula is C37H45NO3. The SMILES string of the molecule is C=C(/C(=C/C)C(=C)c1cc(C)c(CCC)cc1C)c1ccc(C)c(C)c1.CCC(=O)Nc1ccc2c(c1)OCCO2. The Morgan fingerprint density at radius 2 is 1.54 bits per heavy atom. The van der Waals surface area contributed by atoms with E-state index in [2.05, 4.69) is 96.4 Å². The number of hydrogen-bond donors (Lipinski definition) is 1. The van der Waals surface area contributed by atoms with Crippen molar-refractivity contribution in [1.82, 2.24) is 0 Å². The Morgan fingerprint density at radius 1 is 0.829 bits per heavy atom. The molecule has 1 aliphatic rings. The van der Waals surface area contributed by atoms with Crippen molar-refractivity contribution in [1.29, 1.82) is 0 Å². The molecule has 0 unspecified atom stereocenters. The van der Waals surface area contributed by atoms with Gasteiger partial charge in [0.05, 0.1) is 0 Å². The van der Waals surface area contributed by atoms with Gasteiger partial charge in [-0.2, -0.15) is 0 Å². The Hall–Kier alpha value is -4.05. The highest BCUT2D eigenvalue weighted by Crippen LogP contribution is 2.35. The van der Waals surface area contributed by atoms with Gasteiger partial charge in [-0.25, -0.2) is 0 Å². The molecule has 0 atom stereocenters. The Kier molecular flexibility index (Phi) is 11.2. The molecule has 3 aromatic carbocycles. The number of benzene rings is 3. The van der Waals surface area contributed by atoms with Crippen molar-refractivity contribution in [2.45, 2.75) is 67.7 Å². The van der Waals surface area contributed by atoms with E-state index in [0.717, 1.165) is 34.6 Å². The summed E-state index contributed by atoms with van der Waals surface area (Å²) in [4.78, 5) is 11.2. The fraction of sp³-hybridized carbons (Fsp3) is 0.324. The maximum Gasteiger partial charge on any atom is 0.224 e. The van der Waals surface area contributed by atoms with Gasteiger partial charge in [-0.3, -0.25) is 4.79 Å². The number of allylic oxidation sites excluding steroid dienone is 4. The first-order chi connectivity index (χ1) is 19.6. The molecule has 1 amide bonds. The van der Waals surface area contributed by atoms with Crippen LogP contribution in [0.2, 0.25) is 0 Å². The molecule has 0 radical (unpaired) electrons. The predicted octanol–water partition coefficient (Wildman–Crippen LogP) is 9.35. The van der Waals surface area contributed by atoms with Crippen molar-refractivity contribution >= 4 is 22.7 Å². The molecule has 0 fully saturated rings. The maximum atomic E-state index is 11.2. The average Bonchev–Trinajstić information content (AvgIpc) is 2.96. The second kappa shape index (κ2) is 14.5. The van der Waals surface area contributed by atoms with Crippen molar-refractivity contribution in [3.63, 3.8) is 0 Å². The predicted molar refractivity (Wildman–Crippen MR) is 174 cm³/mol. The molecule has 216 valence electrons. The number of anilines is 1. The van der Waals surface area contributed by atoms with Crippen LogP contribution in [0.15, 0.2) is 73.3 Å². The number of aryl methyl sites for hydroxylation is 5. The van der Waals surface area contributed by atoms with Crippen LogP contribution < -0.4 is 14.8 Å². The van der Waals surface area contributed by atoms with E-state index in [1.807, 2.05) is 6.92 Å². The number of ether oxygens (including phenoxy) is 2. The van der Waals surface area contributed by atoms with E-state index < -0.39 is 0 Å². The van der Waals surface area contributed by atoms with Crippen LogP contribution in [-0.2, 0) is 11.2 Å². The quantitative estimate of drug-likeness (QED) is 0.284. The van der Waals surface area contributed by atoms with Gasteiger partial charge in [-0.05, 0) is 109 Å². The topological polar surface area (TPSA) is 47.6 Å². The maximum absolute atomic E-state index is 11.2. The van der Waals surface area contributed by atoms with Gasteiger partial charge in [0.2, 0.25) is 5.91 Å². The van der Waals surface area contributed by atoms with E-state index >= 15 is 0 Å². The molecule has 1 heterocycles. The largest absolute Gasteiger partial charge is 0.486 e. The van der Waals surface area contributed by atoms with Crippen LogP contribution in [0.4, 0.5) is 5.69 Å². The van der Waals surface area contributed by atoms with Gasteiger partial charge in [0.1, 0.15) is 13.2 Å². The Labute approximate surface area is 246 Å². The van der Waals surface area contributed by atoms with Gasteiger partial charge in [-0.15, -0.1) is 0 Å². The summed E-state index contributed by atoms with van der Waals surface area (Å²) >= 11 is 0. The Balaban J connectivity index is 0.000000260. The Bertz CT molecular complexity index is 1460. The molecule has 3 aromatic rings. The van der Waals surface area contributed by atoms with Gasteiger partial charge in [0.25, 0.3) is 0 Å². The third-order valence-corrected chi connectivity index (χ3v) is 7.47. The number of hydrogen-bond acceptors (Lipinski definition) is 3. The van der Waals surface area contributed by atoms with Crippen molar-refractivity contribution in [3.05, 3.63) is 112 Å². The summed E-state index contributed by atoms with van der Waals surface area (Å²) in [6.45, 7) is 24.7. The minimum absolute atomic E-state index is 0.00771. The summed E-state index contributed by atoms with van der Waals surface area (Å²) in [5, 5.41) is 2.77. The molecule has 4 nitrogen and oxygen atoms in total. The molecular weight excluding hydrogens is 506 g/mol. The van der Waals surface area contributed by atoms with Crippen LogP contribution in [-0.4, -0.2) is 19.1 Å². The number of carbonyl (C=O) groups excluding carboxylic acids is 1. The average molecular weight is 552 g/mol. The molecule has 0 bridgehead atoms. The van der Waals surface area contributed by atoms with Crippen LogP contribution in [0.1, 0.15) is 72.6 Å². The molecule has 41 heavy (non-hydrogen) atoms. The summed E-state index contributed by atoms with van der Waals surface area (Å²) in [5.74, 6) is 1.41. The number of rotatable bonds is 8. The van der Waals surface area contributed by atoms with E-state index in [0.29, 0.717) is 25.4 Å². The van der Waals surface area contributed by atoms with Crippen molar-refractivity contribution in [2.75, 3.05) is 18.5 Å². The lowest BCUT2D eigenvalue weighted by molar-refractivity contribution is -0.115. The summed E-state index contributed by atoms with van der Waals surface area (Å²) in [5.41, 5.74) is 13.0. The van der Waals surface area contributed by atoms with Crippen LogP contribution in [0, 0.1) is 27.7 Å². The van der Waals surface area contributed by atoms with Crippen LogP contribution >= 0.6 is 0 Å². The normalized spacial score (nSPS) is 12.2. The van der Waals surface area contributed by atoms with E-state index in [9.17, 15) is 4.79 Å². The van der Waals surface area contributed by atoms with E-state index in [1.165, 1.54) is 45.4 Å². The fourth-order valence-corrected chi connectivity index (χ4v) is 4.87. The summed E-state index contributed by atoms with van der Waals surface area (Å²) in [7, 11) is 0. The van der Waals surface area contributed by atoms with Gasteiger partial charge in [-0.1, -0.05) is 69.8 Å². The molecule has 1 N–H and O–H groups in total. The van der Waals surface area contributed by atoms with Gasteiger partial charge < -0.3 is 14.8 Å². The highest BCUT2D eigenvalue weighted by atomic mass is 16.6. The number of nitrogens with one attached hydrogen (secondary N) is 1. The van der Waals surface area contributed by atoms with Crippen molar-refractivity contribution < 1.29 is 14.3 Å². The van der Waals surface area contributed by atoms with Crippen molar-refractivity contribution in [2.24, 2.45) is 0 Å². The second-order valence-corrected chi connectivity index (χ2v) is 10.6. The zero-order chi connectivity index (χ0) is 30.1. The van der Waals surface area contributed by atoms with E-state index in [-0.39, 0.29) is 5.91 Å². The Morgan fingerprint density at radius 3 is 2.17 bits per heavy atom. The van der Waals surface area contributed by atoms with Crippen LogP contribution in [0.5, 0.6) is 11.5 Å². The van der Waals surface area contributed by atoms with Crippen molar-refractivity contribution in [3.8, 4) is 11.5 Å². The standard InChI is InChI=1S/C26H32.C11H13NO3/c1-9-11-23-15-20(6)26(16-19(23)5)22(8)25(10-2)21(7)24-13-12-17(3)18(4)14-24;1-2-11(13)12-8-3-4-9-10(7-8)15-6-5-14-9/h10,12-16H,7-9,11H2,1-6H3;3-4,7H,2,5-6H2,1H3,(H,12,13)/b25-10-;. The van der Waals surface area contributed by atoms with Crippen LogP contribution in [0.25, 0.3) is 11.1 Å². The second-order valence-electron chi connectivity index (χ2n) is 10.6. The molecule has 0 saturated carbocycles. The minimum Gasteiger partial charge on any atom is -0.486 e. The lowest BCUT2D eigenvalue weighted by atomic mass is 9.86. The fourth-order valence-electron chi connectivity index (χ4n) is 4.87. The first-order valence-corrected chi connectivity index (χ1v) is 14.5. The molecule has 0 aliphatic carbocycles. The number of carbonyl (C=O) groups is 1. The highest BCUT2D eigenvalue weighted by Gasteiger charge is 2.15. The first kappa shape index (κ1) is 31.5. The summed E-state index contributed by atoms with van der Waals surface area (Å²) < 4.78 is 10.8. The highest BCUT2D eigenvalue weighted by molar-refractivity contribution is 5.97.